The zero-order valence-electron chi connectivity index (χ0n) is 20.1. The Morgan fingerprint density at radius 2 is 1.32 bits per heavy atom. The highest BCUT2D eigenvalue weighted by atomic mass is 35.5. The first-order valence-corrected chi connectivity index (χ1v) is 12.0. The van der Waals surface area contributed by atoms with E-state index in [4.69, 9.17) is 4.74 Å². The van der Waals surface area contributed by atoms with E-state index in [0.29, 0.717) is 6.61 Å². The fourth-order valence-electron chi connectivity index (χ4n) is 4.92. The highest BCUT2D eigenvalue weighted by molar-refractivity contribution is 5.89. The van der Waals surface area contributed by atoms with Crippen molar-refractivity contribution in [1.82, 2.24) is 9.97 Å². The number of aromatic nitrogens is 2. The van der Waals surface area contributed by atoms with Gasteiger partial charge in [0.25, 0.3) is 0 Å². The summed E-state index contributed by atoms with van der Waals surface area (Å²) in [5.41, 5.74) is 5.06. The molecular weight excluding hydrogens is 509 g/mol. The number of ether oxygens (including phenoxy) is 1. The van der Waals surface area contributed by atoms with Crippen molar-refractivity contribution in [3.63, 3.8) is 0 Å². The van der Waals surface area contributed by atoms with Crippen molar-refractivity contribution in [1.29, 1.82) is 0 Å². The molecule has 0 saturated carbocycles. The number of fused-ring (bicyclic) bond motifs is 2. The number of hydrogen-bond acceptors (Lipinski definition) is 1. The van der Waals surface area contributed by atoms with Gasteiger partial charge in [0.2, 0.25) is 0 Å². The first-order chi connectivity index (χ1) is 18.0. The Morgan fingerprint density at radius 1 is 0.684 bits per heavy atom. The maximum absolute atomic E-state index is 13.3. The fraction of sp³-hybridized carbons (Fsp3) is 0.0968. The molecule has 6 rings (SSSR count). The Balaban J connectivity index is 0.00000294. The maximum atomic E-state index is 13.3. The van der Waals surface area contributed by atoms with Gasteiger partial charge < -0.3 is 14.7 Å². The van der Waals surface area contributed by atoms with E-state index in [-0.39, 0.29) is 18.3 Å². The Labute approximate surface area is 223 Å². The van der Waals surface area contributed by atoms with Crippen molar-refractivity contribution in [2.75, 3.05) is 0 Å². The van der Waals surface area contributed by atoms with E-state index < -0.39 is 11.7 Å². The van der Waals surface area contributed by atoms with E-state index in [9.17, 15) is 13.2 Å². The summed E-state index contributed by atoms with van der Waals surface area (Å²) in [6.07, 6.45) is -0.495. The molecular formula is C31H24ClF3N2O. The van der Waals surface area contributed by atoms with E-state index in [1.54, 1.807) is 12.1 Å². The average molecular weight is 533 g/mol. The summed E-state index contributed by atoms with van der Waals surface area (Å²) in [6.45, 7) is 0.462. The zero-order chi connectivity index (χ0) is 25.4. The lowest BCUT2D eigenvalue weighted by Crippen LogP contribution is -2.07. The third-order valence-electron chi connectivity index (χ3n) is 6.75. The van der Waals surface area contributed by atoms with Crippen LogP contribution < -0.4 is 4.74 Å². The van der Waals surface area contributed by atoms with Crippen LogP contribution in [0.2, 0.25) is 0 Å². The second-order valence-corrected chi connectivity index (χ2v) is 9.07. The molecule has 2 N–H and O–H groups in total. The predicted molar refractivity (Wildman–Crippen MR) is 147 cm³/mol. The van der Waals surface area contributed by atoms with Gasteiger partial charge in [0.05, 0.1) is 5.56 Å². The predicted octanol–water partition coefficient (Wildman–Crippen LogP) is 8.85. The number of alkyl halides is 3. The van der Waals surface area contributed by atoms with Gasteiger partial charge >= 0.3 is 6.18 Å². The number of nitrogens with one attached hydrogen (secondary N) is 2. The van der Waals surface area contributed by atoms with Gasteiger partial charge in [0.15, 0.2) is 0 Å². The summed E-state index contributed by atoms with van der Waals surface area (Å²) in [5, 5.41) is 2.02. The van der Waals surface area contributed by atoms with Crippen LogP contribution in [-0.4, -0.2) is 9.97 Å². The van der Waals surface area contributed by atoms with Crippen LogP contribution in [-0.2, 0) is 12.8 Å². The number of halogens is 4. The lowest BCUT2D eigenvalue weighted by atomic mass is 9.84. The molecule has 0 radical (unpaired) electrons. The van der Waals surface area contributed by atoms with Crippen LogP contribution in [0.1, 0.15) is 33.7 Å². The second kappa shape index (κ2) is 10.3. The average Bonchev–Trinajstić information content (AvgIpc) is 3.53. The van der Waals surface area contributed by atoms with Crippen LogP contribution in [0.3, 0.4) is 0 Å². The molecule has 0 aliphatic rings. The summed E-state index contributed by atoms with van der Waals surface area (Å²) < 4.78 is 45.8. The minimum absolute atomic E-state index is 0. The minimum atomic E-state index is -4.38. The second-order valence-electron chi connectivity index (χ2n) is 9.07. The zero-order valence-corrected chi connectivity index (χ0v) is 20.9. The quantitative estimate of drug-likeness (QED) is 0.221. The standard InChI is InChI=1S/C31H23F3N2O.ClH/c32-31(33,34)22-12-10-21(11-13-22)30(26-17-35-28-9-5-4-8-24(26)28)27-18-36-29-16-23(14-15-25(27)29)37-19-20-6-2-1-3-7-20;/h1-18,30,35-36H,19H2;1H. The van der Waals surface area contributed by atoms with Crippen molar-refractivity contribution in [3.8, 4) is 5.75 Å². The number of benzene rings is 4. The fourth-order valence-corrected chi connectivity index (χ4v) is 4.92. The largest absolute Gasteiger partial charge is 0.489 e. The molecule has 1 unspecified atom stereocenters. The summed E-state index contributed by atoms with van der Waals surface area (Å²) in [4.78, 5) is 6.67. The highest BCUT2D eigenvalue weighted by Gasteiger charge is 2.31. The van der Waals surface area contributed by atoms with E-state index >= 15 is 0 Å². The van der Waals surface area contributed by atoms with Crippen LogP contribution in [0, 0.1) is 0 Å². The lowest BCUT2D eigenvalue weighted by molar-refractivity contribution is -0.137. The van der Waals surface area contributed by atoms with Crippen LogP contribution in [0.15, 0.2) is 109 Å². The molecule has 2 heterocycles. The first-order valence-electron chi connectivity index (χ1n) is 12.0. The smallest absolute Gasteiger partial charge is 0.416 e. The Morgan fingerprint density at radius 3 is 2.03 bits per heavy atom. The summed E-state index contributed by atoms with van der Waals surface area (Å²) >= 11 is 0. The van der Waals surface area contributed by atoms with Crippen molar-refractivity contribution in [2.45, 2.75) is 18.7 Å². The molecule has 7 heteroatoms. The van der Waals surface area contributed by atoms with Gasteiger partial charge in [-0.25, -0.2) is 0 Å². The monoisotopic (exact) mass is 532 g/mol. The van der Waals surface area contributed by atoms with Crippen LogP contribution in [0.25, 0.3) is 21.8 Å². The molecule has 192 valence electrons. The Bertz CT molecular complexity index is 1670. The molecule has 4 aromatic carbocycles. The van der Waals surface area contributed by atoms with Gasteiger partial charge in [0, 0.05) is 46.2 Å². The van der Waals surface area contributed by atoms with E-state index in [0.717, 1.165) is 61.9 Å². The molecule has 0 bridgehead atoms. The van der Waals surface area contributed by atoms with Crippen LogP contribution in [0.4, 0.5) is 13.2 Å². The normalized spacial score (nSPS) is 12.4. The molecule has 2 aromatic heterocycles. The Hall–Kier alpha value is -4.16. The number of aromatic amines is 2. The van der Waals surface area contributed by atoms with Gasteiger partial charge in [-0.05, 0) is 52.6 Å². The summed E-state index contributed by atoms with van der Waals surface area (Å²) in [5.74, 6) is 0.464. The highest BCUT2D eigenvalue weighted by Crippen LogP contribution is 2.41. The number of hydrogen-bond donors (Lipinski definition) is 2. The van der Waals surface area contributed by atoms with Gasteiger partial charge in [0.1, 0.15) is 12.4 Å². The van der Waals surface area contributed by atoms with Gasteiger partial charge in [-0.1, -0.05) is 60.7 Å². The number of para-hydroxylation sites is 1. The molecule has 0 fully saturated rings. The minimum Gasteiger partial charge on any atom is -0.489 e. The lowest BCUT2D eigenvalue weighted by Gasteiger charge is -2.18. The topological polar surface area (TPSA) is 40.8 Å². The molecule has 0 amide bonds. The van der Waals surface area contributed by atoms with E-state index in [2.05, 4.69) is 9.97 Å². The molecule has 3 nitrogen and oxygen atoms in total. The molecule has 0 aliphatic carbocycles. The van der Waals surface area contributed by atoms with E-state index in [1.165, 1.54) is 0 Å². The van der Waals surface area contributed by atoms with Crippen molar-refractivity contribution in [2.24, 2.45) is 0 Å². The Kier molecular flexibility index (Phi) is 6.91. The van der Waals surface area contributed by atoms with Gasteiger partial charge in [-0.2, -0.15) is 13.2 Å². The molecule has 0 saturated heterocycles. The van der Waals surface area contributed by atoms with Gasteiger partial charge in [-0.3, -0.25) is 0 Å². The first kappa shape index (κ1) is 25.5. The molecule has 0 spiro atoms. The molecule has 6 aromatic rings. The summed E-state index contributed by atoms with van der Waals surface area (Å²) in [7, 11) is 0. The van der Waals surface area contributed by atoms with Crippen molar-refractivity contribution < 1.29 is 17.9 Å². The third kappa shape index (κ3) is 4.87. The SMILES string of the molecule is Cl.FC(F)(F)c1ccc(C(c2c[nH]c3ccccc23)c2c[nH]c3cc(OCc4ccccc4)ccc23)cc1. The number of H-pyrrole nitrogens is 2. The van der Waals surface area contributed by atoms with Crippen LogP contribution in [0.5, 0.6) is 5.75 Å². The molecule has 1 atom stereocenters. The molecule has 0 aliphatic heterocycles. The summed E-state index contributed by atoms with van der Waals surface area (Å²) in [6, 6.07) is 29.3. The van der Waals surface area contributed by atoms with Crippen LogP contribution >= 0.6 is 12.4 Å². The maximum Gasteiger partial charge on any atom is 0.416 e. The van der Waals surface area contributed by atoms with Crippen molar-refractivity contribution in [3.05, 3.63) is 137 Å². The van der Waals surface area contributed by atoms with Crippen molar-refractivity contribution >= 4 is 34.2 Å². The van der Waals surface area contributed by atoms with Gasteiger partial charge in [-0.15, -0.1) is 12.4 Å². The van der Waals surface area contributed by atoms with E-state index in [1.807, 2.05) is 85.2 Å². The third-order valence-corrected chi connectivity index (χ3v) is 6.75. The number of rotatable bonds is 6. The molecule has 38 heavy (non-hydrogen) atoms.